The van der Waals surface area contributed by atoms with Crippen LogP contribution in [0.1, 0.15) is 43.7 Å². The van der Waals surface area contributed by atoms with Gasteiger partial charge in [-0.3, -0.25) is 0 Å². The predicted molar refractivity (Wildman–Crippen MR) is 71.9 cm³/mol. The molecule has 2 atom stereocenters. The minimum Gasteiger partial charge on any atom is -0.319 e. The molecule has 16 heavy (non-hydrogen) atoms. The number of hydrogen-bond acceptors (Lipinski definition) is 1. The minimum absolute atomic E-state index is 0.645. The Balaban J connectivity index is 2.88. The van der Waals surface area contributed by atoms with Crippen LogP contribution in [-0.2, 0) is 0 Å². The Morgan fingerprint density at radius 1 is 1.25 bits per heavy atom. The summed E-state index contributed by atoms with van der Waals surface area (Å²) in [5.74, 6) is 1.39. The zero-order valence-corrected chi connectivity index (χ0v) is 11.1. The molecule has 90 valence electrons. The number of aryl methyl sites for hydroxylation is 1. The Kier molecular flexibility index (Phi) is 5.54. The van der Waals surface area contributed by atoms with Crippen LogP contribution in [0, 0.1) is 12.8 Å². The average molecular weight is 219 g/mol. The quantitative estimate of drug-likeness (QED) is 0.768. The maximum absolute atomic E-state index is 3.33. The van der Waals surface area contributed by atoms with E-state index >= 15 is 0 Å². The van der Waals surface area contributed by atoms with Gasteiger partial charge in [0, 0.05) is 6.54 Å². The molecule has 0 aliphatic rings. The fourth-order valence-electron chi connectivity index (χ4n) is 2.50. The maximum Gasteiger partial charge on any atom is 0.00198 e. The first-order valence-electron chi connectivity index (χ1n) is 6.40. The molecular formula is C15H25N. The lowest BCUT2D eigenvalue weighted by Gasteiger charge is -2.25. The first-order chi connectivity index (χ1) is 7.70. The molecule has 1 N–H and O–H groups in total. The highest BCUT2D eigenvalue weighted by Crippen LogP contribution is 2.29. The third-order valence-corrected chi connectivity index (χ3v) is 3.44. The predicted octanol–water partition coefficient (Wildman–Crippen LogP) is 3.73. The van der Waals surface area contributed by atoms with Crippen molar-refractivity contribution in [2.75, 3.05) is 13.6 Å². The Morgan fingerprint density at radius 2 is 1.94 bits per heavy atom. The Bertz CT molecular complexity index is 306. The Hall–Kier alpha value is -0.820. The van der Waals surface area contributed by atoms with Gasteiger partial charge in [-0.1, -0.05) is 51.0 Å². The second kappa shape index (κ2) is 6.70. The molecule has 2 unspecified atom stereocenters. The highest BCUT2D eigenvalue weighted by atomic mass is 14.8. The van der Waals surface area contributed by atoms with Crippen molar-refractivity contribution in [2.24, 2.45) is 5.92 Å². The highest BCUT2D eigenvalue weighted by Gasteiger charge is 2.19. The maximum atomic E-state index is 3.33. The molecule has 0 radical (unpaired) electrons. The number of likely N-dealkylation sites (N-methyl/N-ethyl adjacent to an activating group) is 1. The normalized spacial score (nSPS) is 14.8. The molecule has 0 aliphatic heterocycles. The molecule has 0 aliphatic carbocycles. The molecule has 0 heterocycles. The van der Waals surface area contributed by atoms with Gasteiger partial charge in [0.2, 0.25) is 0 Å². The Labute approximate surface area is 100 Å². The number of nitrogens with one attached hydrogen (secondary N) is 1. The van der Waals surface area contributed by atoms with Crippen LogP contribution >= 0.6 is 0 Å². The van der Waals surface area contributed by atoms with Crippen molar-refractivity contribution >= 4 is 0 Å². The zero-order valence-electron chi connectivity index (χ0n) is 11.1. The van der Waals surface area contributed by atoms with Gasteiger partial charge < -0.3 is 5.32 Å². The lowest BCUT2D eigenvalue weighted by molar-refractivity contribution is 0.411. The van der Waals surface area contributed by atoms with Crippen LogP contribution in [0.2, 0.25) is 0 Å². The van der Waals surface area contributed by atoms with E-state index in [1.54, 1.807) is 0 Å². The molecule has 1 aromatic rings. The summed E-state index contributed by atoms with van der Waals surface area (Å²) in [5.41, 5.74) is 2.93. The van der Waals surface area contributed by atoms with Gasteiger partial charge in [-0.25, -0.2) is 0 Å². The van der Waals surface area contributed by atoms with Crippen molar-refractivity contribution in [3.63, 3.8) is 0 Å². The number of hydrogen-bond donors (Lipinski definition) is 1. The van der Waals surface area contributed by atoms with Crippen LogP contribution < -0.4 is 5.32 Å². The first-order valence-corrected chi connectivity index (χ1v) is 6.40. The van der Waals surface area contributed by atoms with Crippen LogP contribution in [0.5, 0.6) is 0 Å². The SMILES string of the molecule is CCCC(C)C(CNC)c1ccccc1C. The molecule has 1 rings (SSSR count). The molecule has 0 bridgehead atoms. The van der Waals surface area contributed by atoms with Crippen molar-refractivity contribution in [1.29, 1.82) is 0 Å². The largest absolute Gasteiger partial charge is 0.319 e. The molecule has 1 aromatic carbocycles. The third-order valence-electron chi connectivity index (χ3n) is 3.44. The summed E-state index contributed by atoms with van der Waals surface area (Å²) < 4.78 is 0. The highest BCUT2D eigenvalue weighted by molar-refractivity contribution is 5.29. The summed E-state index contributed by atoms with van der Waals surface area (Å²) >= 11 is 0. The van der Waals surface area contributed by atoms with Gasteiger partial charge in [-0.2, -0.15) is 0 Å². The first kappa shape index (κ1) is 13.2. The molecule has 0 saturated carbocycles. The van der Waals surface area contributed by atoms with Crippen molar-refractivity contribution in [3.8, 4) is 0 Å². The summed E-state index contributed by atoms with van der Waals surface area (Å²) in [5, 5.41) is 3.33. The van der Waals surface area contributed by atoms with Crippen LogP contribution in [0.15, 0.2) is 24.3 Å². The van der Waals surface area contributed by atoms with Crippen LogP contribution in [-0.4, -0.2) is 13.6 Å². The van der Waals surface area contributed by atoms with Crippen LogP contribution in [0.25, 0.3) is 0 Å². The van der Waals surface area contributed by atoms with Crippen LogP contribution in [0.4, 0.5) is 0 Å². The molecular weight excluding hydrogens is 194 g/mol. The smallest absolute Gasteiger partial charge is 0.00198 e. The van der Waals surface area contributed by atoms with Crippen molar-refractivity contribution in [2.45, 2.75) is 39.5 Å². The van der Waals surface area contributed by atoms with Gasteiger partial charge >= 0.3 is 0 Å². The lowest BCUT2D eigenvalue weighted by Crippen LogP contribution is -2.23. The molecule has 0 aromatic heterocycles. The van der Waals surface area contributed by atoms with E-state index in [-0.39, 0.29) is 0 Å². The second-order valence-corrected chi connectivity index (χ2v) is 4.79. The topological polar surface area (TPSA) is 12.0 Å². The fraction of sp³-hybridized carbons (Fsp3) is 0.600. The van der Waals surface area contributed by atoms with E-state index in [2.05, 4.69) is 50.4 Å². The molecule has 0 amide bonds. The van der Waals surface area contributed by atoms with E-state index in [0.29, 0.717) is 5.92 Å². The number of benzene rings is 1. The van der Waals surface area contributed by atoms with Crippen molar-refractivity contribution in [3.05, 3.63) is 35.4 Å². The minimum atomic E-state index is 0.645. The summed E-state index contributed by atoms with van der Waals surface area (Å²) in [7, 11) is 2.05. The standard InChI is InChI=1S/C15H25N/c1-5-8-12(2)15(11-16-4)14-10-7-6-9-13(14)3/h6-7,9-10,12,15-16H,5,8,11H2,1-4H3. The number of rotatable bonds is 6. The monoisotopic (exact) mass is 219 g/mol. The molecule has 0 spiro atoms. The van der Waals surface area contributed by atoms with Gasteiger partial charge in [0.15, 0.2) is 0 Å². The summed E-state index contributed by atoms with van der Waals surface area (Å²) in [6.07, 6.45) is 2.58. The van der Waals surface area contributed by atoms with Gasteiger partial charge in [0.05, 0.1) is 0 Å². The van der Waals surface area contributed by atoms with E-state index in [1.165, 1.54) is 24.0 Å². The van der Waals surface area contributed by atoms with Gasteiger partial charge in [0.1, 0.15) is 0 Å². The fourth-order valence-corrected chi connectivity index (χ4v) is 2.50. The van der Waals surface area contributed by atoms with Crippen LogP contribution in [0.3, 0.4) is 0 Å². The van der Waals surface area contributed by atoms with E-state index in [9.17, 15) is 0 Å². The lowest BCUT2D eigenvalue weighted by atomic mass is 9.82. The second-order valence-electron chi connectivity index (χ2n) is 4.79. The van der Waals surface area contributed by atoms with E-state index in [1.807, 2.05) is 7.05 Å². The third kappa shape index (κ3) is 3.34. The van der Waals surface area contributed by atoms with Crippen molar-refractivity contribution in [1.82, 2.24) is 5.32 Å². The Morgan fingerprint density at radius 3 is 2.50 bits per heavy atom. The zero-order chi connectivity index (χ0) is 12.0. The van der Waals surface area contributed by atoms with Gasteiger partial charge in [-0.15, -0.1) is 0 Å². The van der Waals surface area contributed by atoms with Gasteiger partial charge in [0.25, 0.3) is 0 Å². The summed E-state index contributed by atoms with van der Waals surface area (Å²) in [6.45, 7) is 7.94. The van der Waals surface area contributed by atoms with Crippen molar-refractivity contribution < 1.29 is 0 Å². The summed E-state index contributed by atoms with van der Waals surface area (Å²) in [6, 6.07) is 8.78. The molecule has 0 fully saturated rings. The molecule has 1 heteroatoms. The van der Waals surface area contributed by atoms with Gasteiger partial charge in [-0.05, 0) is 36.9 Å². The molecule has 1 nitrogen and oxygen atoms in total. The van der Waals surface area contributed by atoms with E-state index < -0.39 is 0 Å². The average Bonchev–Trinajstić information content (AvgIpc) is 2.27. The molecule has 0 saturated heterocycles. The van der Waals surface area contributed by atoms with E-state index in [4.69, 9.17) is 0 Å². The van der Waals surface area contributed by atoms with E-state index in [0.717, 1.165) is 12.5 Å². The summed E-state index contributed by atoms with van der Waals surface area (Å²) in [4.78, 5) is 0.